The van der Waals surface area contributed by atoms with Gasteiger partial charge in [-0.3, -0.25) is 0 Å². The number of ether oxygens (including phenoxy) is 1. The number of thioether (sulfide) groups is 1. The molecule has 1 saturated heterocycles. The molecule has 0 aliphatic carbocycles. The van der Waals surface area contributed by atoms with Crippen LogP contribution in [0.4, 0.5) is 5.69 Å². The second-order valence-electron chi connectivity index (χ2n) is 4.52. The molecule has 17 heavy (non-hydrogen) atoms. The Kier molecular flexibility index (Phi) is 4.75. The minimum Gasteiger partial charge on any atom is -0.381 e. The number of hydrogen-bond donors (Lipinski definition) is 1. The maximum atomic E-state index is 5.50. The largest absolute Gasteiger partial charge is 0.381 e. The van der Waals surface area contributed by atoms with Gasteiger partial charge in [0.15, 0.2) is 0 Å². The summed E-state index contributed by atoms with van der Waals surface area (Å²) in [5, 5.41) is 4.43. The molecule has 2 rings (SSSR count). The highest BCUT2D eigenvalue weighted by molar-refractivity contribution is 8.00. The van der Waals surface area contributed by atoms with Crippen LogP contribution in [0.1, 0.15) is 25.8 Å². The number of benzene rings is 1. The Hall–Kier alpha value is -0.670. The van der Waals surface area contributed by atoms with Gasteiger partial charge in [-0.1, -0.05) is 25.1 Å². The molecule has 0 amide bonds. The fourth-order valence-electron chi connectivity index (χ4n) is 2.14. The van der Waals surface area contributed by atoms with Crippen LogP contribution in [0.2, 0.25) is 0 Å². The molecule has 0 radical (unpaired) electrons. The van der Waals surface area contributed by atoms with Crippen LogP contribution in [0.5, 0.6) is 0 Å². The molecule has 1 fully saturated rings. The zero-order chi connectivity index (χ0) is 12.1. The van der Waals surface area contributed by atoms with Crippen molar-refractivity contribution < 1.29 is 4.74 Å². The molecule has 1 aromatic rings. The summed E-state index contributed by atoms with van der Waals surface area (Å²) in [5.41, 5.74) is 2.50. The van der Waals surface area contributed by atoms with Gasteiger partial charge in [-0.15, -0.1) is 0 Å². The zero-order valence-electron chi connectivity index (χ0n) is 10.6. The number of para-hydroxylation sites is 1. The van der Waals surface area contributed by atoms with E-state index in [0.717, 1.165) is 11.9 Å². The van der Waals surface area contributed by atoms with Crippen molar-refractivity contribution in [3.63, 3.8) is 0 Å². The van der Waals surface area contributed by atoms with E-state index in [9.17, 15) is 0 Å². The fraction of sp³-hybridized carbons (Fsp3) is 0.571. The Morgan fingerprint density at radius 1 is 1.41 bits per heavy atom. The molecular weight excluding hydrogens is 230 g/mol. The van der Waals surface area contributed by atoms with Gasteiger partial charge in [0.1, 0.15) is 0 Å². The first-order valence-corrected chi connectivity index (χ1v) is 7.38. The molecule has 3 heteroatoms. The van der Waals surface area contributed by atoms with Crippen molar-refractivity contribution >= 4 is 17.4 Å². The van der Waals surface area contributed by atoms with Crippen LogP contribution < -0.4 is 5.32 Å². The molecule has 1 aromatic carbocycles. The van der Waals surface area contributed by atoms with Crippen LogP contribution in [0, 0.1) is 0 Å². The van der Waals surface area contributed by atoms with Crippen molar-refractivity contribution in [2.45, 2.75) is 38.2 Å². The van der Waals surface area contributed by atoms with Crippen molar-refractivity contribution in [1.29, 1.82) is 0 Å². The first-order valence-electron chi connectivity index (χ1n) is 6.33. The van der Waals surface area contributed by atoms with Crippen LogP contribution in [-0.2, 0) is 11.3 Å². The summed E-state index contributed by atoms with van der Waals surface area (Å²) in [6.45, 7) is 5.81. The highest BCUT2D eigenvalue weighted by Gasteiger charge is 2.21. The Bertz CT molecular complexity index is 356. The lowest BCUT2D eigenvalue weighted by atomic mass is 10.1. The van der Waals surface area contributed by atoms with Crippen LogP contribution in [0.25, 0.3) is 0 Å². The quantitative estimate of drug-likeness (QED) is 0.865. The van der Waals surface area contributed by atoms with Gasteiger partial charge in [-0.25, -0.2) is 0 Å². The Labute approximate surface area is 108 Å². The standard InChI is InChI=1S/C14H21NOS/c1-3-16-9-12-6-4-5-7-14(12)15-13-8-11(2)17-10-13/h4-7,11,13,15H,3,8-10H2,1-2H3. The lowest BCUT2D eigenvalue weighted by molar-refractivity contribution is 0.134. The first kappa shape index (κ1) is 12.8. The normalized spacial score (nSPS) is 23.9. The lowest BCUT2D eigenvalue weighted by Gasteiger charge is -2.16. The number of nitrogens with one attached hydrogen (secondary N) is 1. The Balaban J connectivity index is 1.99. The van der Waals surface area contributed by atoms with E-state index in [2.05, 4.69) is 48.3 Å². The average molecular weight is 251 g/mol. The average Bonchev–Trinajstić information content (AvgIpc) is 2.74. The van der Waals surface area contributed by atoms with E-state index < -0.39 is 0 Å². The molecule has 2 atom stereocenters. The van der Waals surface area contributed by atoms with Crippen molar-refractivity contribution in [2.24, 2.45) is 0 Å². The molecule has 94 valence electrons. The van der Waals surface area contributed by atoms with Crippen LogP contribution in [0.3, 0.4) is 0 Å². The zero-order valence-corrected chi connectivity index (χ0v) is 11.4. The highest BCUT2D eigenvalue weighted by Crippen LogP contribution is 2.29. The second-order valence-corrected chi connectivity index (χ2v) is 5.99. The third kappa shape index (κ3) is 3.65. The smallest absolute Gasteiger partial charge is 0.0736 e. The summed E-state index contributed by atoms with van der Waals surface area (Å²) in [6.07, 6.45) is 1.26. The third-order valence-corrected chi connectivity index (χ3v) is 4.39. The van der Waals surface area contributed by atoms with Gasteiger partial charge in [0.2, 0.25) is 0 Å². The van der Waals surface area contributed by atoms with Crippen molar-refractivity contribution in [3.05, 3.63) is 29.8 Å². The summed E-state index contributed by atoms with van der Waals surface area (Å²) in [5.74, 6) is 1.21. The van der Waals surface area contributed by atoms with Crippen molar-refractivity contribution in [1.82, 2.24) is 0 Å². The predicted octanol–water partition coefficient (Wildman–Crippen LogP) is 3.53. The van der Waals surface area contributed by atoms with Gasteiger partial charge in [0, 0.05) is 34.9 Å². The summed E-state index contributed by atoms with van der Waals surface area (Å²) < 4.78 is 5.50. The van der Waals surface area contributed by atoms with Crippen LogP contribution in [0.15, 0.2) is 24.3 Å². The van der Waals surface area contributed by atoms with Gasteiger partial charge in [-0.05, 0) is 19.4 Å². The lowest BCUT2D eigenvalue weighted by Crippen LogP contribution is -2.20. The number of hydrogen-bond acceptors (Lipinski definition) is 3. The highest BCUT2D eigenvalue weighted by atomic mass is 32.2. The van der Waals surface area contributed by atoms with E-state index in [4.69, 9.17) is 4.74 Å². The maximum absolute atomic E-state index is 5.50. The number of rotatable bonds is 5. The SMILES string of the molecule is CCOCc1ccccc1NC1CSC(C)C1. The Morgan fingerprint density at radius 3 is 2.94 bits per heavy atom. The minimum absolute atomic E-state index is 0.609. The molecule has 0 saturated carbocycles. The molecule has 2 unspecified atom stereocenters. The second kappa shape index (κ2) is 6.31. The molecule has 1 aliphatic heterocycles. The van der Waals surface area contributed by atoms with Crippen LogP contribution in [-0.4, -0.2) is 23.7 Å². The summed E-state index contributed by atoms with van der Waals surface area (Å²) in [7, 11) is 0. The molecule has 0 spiro atoms. The van der Waals surface area contributed by atoms with E-state index >= 15 is 0 Å². The molecule has 1 aliphatic rings. The monoisotopic (exact) mass is 251 g/mol. The van der Waals surface area contributed by atoms with E-state index in [1.807, 2.05) is 6.92 Å². The van der Waals surface area contributed by atoms with Crippen molar-refractivity contribution in [2.75, 3.05) is 17.7 Å². The van der Waals surface area contributed by atoms with Gasteiger partial charge in [0.25, 0.3) is 0 Å². The van der Waals surface area contributed by atoms with Gasteiger partial charge in [-0.2, -0.15) is 11.8 Å². The topological polar surface area (TPSA) is 21.3 Å². The van der Waals surface area contributed by atoms with E-state index in [1.54, 1.807) is 0 Å². The minimum atomic E-state index is 0.609. The molecule has 1 N–H and O–H groups in total. The molecule has 1 heterocycles. The summed E-state index contributed by atoms with van der Waals surface area (Å²) >= 11 is 2.05. The van der Waals surface area contributed by atoms with E-state index in [0.29, 0.717) is 12.6 Å². The third-order valence-electron chi connectivity index (χ3n) is 3.04. The molecular formula is C14H21NOS. The first-order chi connectivity index (χ1) is 8.29. The predicted molar refractivity (Wildman–Crippen MR) is 75.7 cm³/mol. The molecule has 0 aromatic heterocycles. The molecule has 0 bridgehead atoms. The number of anilines is 1. The Morgan fingerprint density at radius 2 is 2.24 bits per heavy atom. The fourth-order valence-corrected chi connectivity index (χ4v) is 3.29. The van der Waals surface area contributed by atoms with E-state index in [1.165, 1.54) is 23.4 Å². The maximum Gasteiger partial charge on any atom is 0.0736 e. The summed E-state index contributed by atoms with van der Waals surface area (Å²) in [6, 6.07) is 9.07. The van der Waals surface area contributed by atoms with Gasteiger partial charge < -0.3 is 10.1 Å². The summed E-state index contributed by atoms with van der Waals surface area (Å²) in [4.78, 5) is 0. The van der Waals surface area contributed by atoms with Crippen LogP contribution >= 0.6 is 11.8 Å². The van der Waals surface area contributed by atoms with Crippen molar-refractivity contribution in [3.8, 4) is 0 Å². The molecule has 2 nitrogen and oxygen atoms in total. The van der Waals surface area contributed by atoms with Gasteiger partial charge in [0.05, 0.1) is 6.61 Å². The van der Waals surface area contributed by atoms with E-state index in [-0.39, 0.29) is 0 Å². The van der Waals surface area contributed by atoms with Gasteiger partial charge >= 0.3 is 0 Å².